The summed E-state index contributed by atoms with van der Waals surface area (Å²) in [6, 6.07) is 5.26. The third-order valence-electron chi connectivity index (χ3n) is 3.00. The van der Waals surface area contributed by atoms with Gasteiger partial charge in [0, 0.05) is 6.54 Å². The molecule has 1 aromatic rings. The molecule has 1 aromatic carbocycles. The second-order valence-electron chi connectivity index (χ2n) is 4.56. The molecule has 110 valence electrons. The number of rotatable bonds is 4. The molecule has 0 unspecified atom stereocenters. The van der Waals surface area contributed by atoms with E-state index >= 15 is 0 Å². The molecule has 4 nitrogen and oxygen atoms in total. The van der Waals surface area contributed by atoms with Gasteiger partial charge in [-0.1, -0.05) is 12.1 Å². The maximum atomic E-state index is 12.0. The fourth-order valence-electron chi connectivity index (χ4n) is 2.03. The molecule has 0 radical (unpaired) electrons. The zero-order valence-electron chi connectivity index (χ0n) is 10.7. The number of amides is 1. The van der Waals surface area contributed by atoms with E-state index in [0.29, 0.717) is 5.56 Å². The van der Waals surface area contributed by atoms with Gasteiger partial charge < -0.3 is 15.4 Å². The average Bonchev–Trinajstić information content (AvgIpc) is 2.89. The summed E-state index contributed by atoms with van der Waals surface area (Å²) in [5, 5.41) is 5.81. The quantitative estimate of drug-likeness (QED) is 0.890. The van der Waals surface area contributed by atoms with Crippen molar-refractivity contribution in [3.05, 3.63) is 29.8 Å². The van der Waals surface area contributed by atoms with Crippen LogP contribution in [0.2, 0.25) is 0 Å². The van der Waals surface area contributed by atoms with E-state index in [-0.39, 0.29) is 24.2 Å². The average molecular weight is 288 g/mol. The van der Waals surface area contributed by atoms with E-state index in [4.69, 9.17) is 0 Å². The molecule has 0 saturated carbocycles. The molecular weight excluding hydrogens is 273 g/mol. The molecule has 1 aliphatic rings. The number of carbonyl (C=O) groups is 1. The van der Waals surface area contributed by atoms with Crippen molar-refractivity contribution in [3.63, 3.8) is 0 Å². The first-order valence-electron chi connectivity index (χ1n) is 6.30. The predicted molar refractivity (Wildman–Crippen MR) is 66.0 cm³/mol. The molecule has 1 heterocycles. The molecule has 0 bridgehead atoms. The lowest BCUT2D eigenvalue weighted by Crippen LogP contribution is -2.39. The normalized spacial score (nSPS) is 18.9. The second-order valence-corrected chi connectivity index (χ2v) is 4.56. The molecule has 1 saturated heterocycles. The minimum atomic E-state index is -4.69. The summed E-state index contributed by atoms with van der Waals surface area (Å²) in [4.78, 5) is 11.7. The van der Waals surface area contributed by atoms with E-state index in [2.05, 4.69) is 15.4 Å². The van der Waals surface area contributed by atoms with E-state index in [1.54, 1.807) is 0 Å². The molecule has 2 N–H and O–H groups in total. The van der Waals surface area contributed by atoms with Gasteiger partial charge in [0.25, 0.3) is 0 Å². The summed E-state index contributed by atoms with van der Waals surface area (Å²) in [7, 11) is 0. The largest absolute Gasteiger partial charge is 0.573 e. The number of nitrogens with one attached hydrogen (secondary N) is 2. The van der Waals surface area contributed by atoms with Crippen LogP contribution in [-0.2, 0) is 11.3 Å². The van der Waals surface area contributed by atoms with Gasteiger partial charge in [-0.05, 0) is 37.1 Å². The topological polar surface area (TPSA) is 50.4 Å². The molecule has 0 spiro atoms. The molecule has 1 fully saturated rings. The van der Waals surface area contributed by atoms with Crippen LogP contribution in [0.15, 0.2) is 24.3 Å². The summed E-state index contributed by atoms with van der Waals surface area (Å²) >= 11 is 0. The van der Waals surface area contributed by atoms with Gasteiger partial charge in [-0.3, -0.25) is 4.79 Å². The Bertz CT molecular complexity index is 454. The molecule has 7 heteroatoms. The van der Waals surface area contributed by atoms with Crippen molar-refractivity contribution in [3.8, 4) is 5.75 Å². The Labute approximate surface area is 114 Å². The van der Waals surface area contributed by atoms with Crippen molar-refractivity contribution in [2.45, 2.75) is 31.8 Å². The lowest BCUT2D eigenvalue weighted by molar-refractivity contribution is -0.274. The van der Waals surface area contributed by atoms with Crippen molar-refractivity contribution >= 4 is 5.91 Å². The van der Waals surface area contributed by atoms with E-state index in [1.807, 2.05) is 0 Å². The van der Waals surface area contributed by atoms with Crippen molar-refractivity contribution in [1.29, 1.82) is 0 Å². The Morgan fingerprint density at radius 3 is 2.60 bits per heavy atom. The molecule has 20 heavy (non-hydrogen) atoms. The Morgan fingerprint density at radius 1 is 1.35 bits per heavy atom. The van der Waals surface area contributed by atoms with Gasteiger partial charge in [-0.2, -0.15) is 0 Å². The van der Waals surface area contributed by atoms with Crippen LogP contribution in [-0.4, -0.2) is 24.9 Å². The van der Waals surface area contributed by atoms with Gasteiger partial charge in [0.05, 0.1) is 6.04 Å². The molecule has 1 amide bonds. The van der Waals surface area contributed by atoms with Crippen LogP contribution in [0.25, 0.3) is 0 Å². The molecule has 1 atom stereocenters. The summed E-state index contributed by atoms with van der Waals surface area (Å²) < 4.78 is 39.7. The zero-order chi connectivity index (χ0) is 14.6. The number of benzene rings is 1. The molecular formula is C13H15F3N2O2. The van der Waals surface area contributed by atoms with Crippen molar-refractivity contribution in [2.75, 3.05) is 6.54 Å². The minimum absolute atomic E-state index is 0.0851. The summed E-state index contributed by atoms with van der Waals surface area (Å²) in [5.41, 5.74) is 0.714. The summed E-state index contributed by atoms with van der Waals surface area (Å²) in [5.74, 6) is -0.358. The van der Waals surface area contributed by atoms with E-state index in [0.717, 1.165) is 19.4 Å². The van der Waals surface area contributed by atoms with Crippen LogP contribution in [0, 0.1) is 0 Å². The first-order valence-corrected chi connectivity index (χ1v) is 6.30. The standard InChI is InChI=1S/C13H15F3N2O2/c14-13(15,16)20-10-5-3-9(4-6-10)8-18-12(19)11-2-1-7-17-11/h3-6,11,17H,1-2,7-8H2,(H,18,19)/t11-/m0/s1. The van der Waals surface area contributed by atoms with Crippen LogP contribution in [0.4, 0.5) is 13.2 Å². The highest BCUT2D eigenvalue weighted by atomic mass is 19.4. The monoisotopic (exact) mass is 288 g/mol. The maximum absolute atomic E-state index is 12.0. The Kier molecular flexibility index (Phi) is 4.49. The van der Waals surface area contributed by atoms with Crippen LogP contribution in [0.1, 0.15) is 18.4 Å². The Hall–Kier alpha value is -1.76. The number of carbonyl (C=O) groups excluding carboxylic acids is 1. The first-order chi connectivity index (χ1) is 9.44. The highest BCUT2D eigenvalue weighted by molar-refractivity contribution is 5.81. The highest BCUT2D eigenvalue weighted by Crippen LogP contribution is 2.22. The third kappa shape index (κ3) is 4.41. The van der Waals surface area contributed by atoms with Crippen LogP contribution >= 0.6 is 0 Å². The Morgan fingerprint density at radius 2 is 2.05 bits per heavy atom. The van der Waals surface area contributed by atoms with Gasteiger partial charge in [-0.25, -0.2) is 0 Å². The number of ether oxygens (including phenoxy) is 1. The number of hydrogen-bond donors (Lipinski definition) is 2. The van der Waals surface area contributed by atoms with Crippen LogP contribution < -0.4 is 15.4 Å². The van der Waals surface area contributed by atoms with Gasteiger partial charge in [0.1, 0.15) is 5.75 Å². The second kappa shape index (κ2) is 6.13. The zero-order valence-corrected chi connectivity index (χ0v) is 10.7. The summed E-state index contributed by atoms with van der Waals surface area (Å²) in [6.07, 6.45) is -2.91. The van der Waals surface area contributed by atoms with E-state index < -0.39 is 6.36 Å². The van der Waals surface area contributed by atoms with Gasteiger partial charge in [0.15, 0.2) is 0 Å². The molecule has 1 aliphatic heterocycles. The smallest absolute Gasteiger partial charge is 0.406 e. The van der Waals surface area contributed by atoms with Gasteiger partial charge >= 0.3 is 6.36 Å². The van der Waals surface area contributed by atoms with E-state index in [9.17, 15) is 18.0 Å². The third-order valence-corrected chi connectivity index (χ3v) is 3.00. The maximum Gasteiger partial charge on any atom is 0.573 e. The summed E-state index contributed by atoms with van der Waals surface area (Å²) in [6.45, 7) is 1.12. The minimum Gasteiger partial charge on any atom is -0.406 e. The molecule has 0 aromatic heterocycles. The Balaban J connectivity index is 1.83. The van der Waals surface area contributed by atoms with Crippen molar-refractivity contribution < 1.29 is 22.7 Å². The van der Waals surface area contributed by atoms with E-state index in [1.165, 1.54) is 24.3 Å². The van der Waals surface area contributed by atoms with Crippen LogP contribution in [0.5, 0.6) is 5.75 Å². The number of alkyl halides is 3. The van der Waals surface area contributed by atoms with Gasteiger partial charge in [0.2, 0.25) is 5.91 Å². The predicted octanol–water partition coefficient (Wildman–Crippen LogP) is 1.95. The molecule has 2 rings (SSSR count). The highest BCUT2D eigenvalue weighted by Gasteiger charge is 2.30. The van der Waals surface area contributed by atoms with Gasteiger partial charge in [-0.15, -0.1) is 13.2 Å². The fourth-order valence-corrected chi connectivity index (χ4v) is 2.03. The van der Waals surface area contributed by atoms with Crippen molar-refractivity contribution in [1.82, 2.24) is 10.6 Å². The fraction of sp³-hybridized carbons (Fsp3) is 0.462. The number of halogens is 3. The first kappa shape index (κ1) is 14.6. The number of hydrogen-bond acceptors (Lipinski definition) is 3. The SMILES string of the molecule is O=C(NCc1ccc(OC(F)(F)F)cc1)[C@@H]1CCCN1. The lowest BCUT2D eigenvalue weighted by Gasteiger charge is -2.12. The van der Waals surface area contributed by atoms with Crippen LogP contribution in [0.3, 0.4) is 0 Å². The van der Waals surface area contributed by atoms with Crippen molar-refractivity contribution in [2.24, 2.45) is 0 Å². The molecule has 0 aliphatic carbocycles. The lowest BCUT2D eigenvalue weighted by atomic mass is 10.2.